The van der Waals surface area contributed by atoms with Crippen LogP contribution in [0, 0.1) is 6.92 Å². The van der Waals surface area contributed by atoms with Crippen molar-refractivity contribution in [3.8, 4) is 0 Å². The van der Waals surface area contributed by atoms with E-state index in [1.807, 2.05) is 38.1 Å². The van der Waals surface area contributed by atoms with Gasteiger partial charge in [-0.2, -0.15) is 0 Å². The van der Waals surface area contributed by atoms with Gasteiger partial charge in [-0.3, -0.25) is 4.79 Å². The van der Waals surface area contributed by atoms with Crippen LogP contribution in [0.1, 0.15) is 29.3 Å². The van der Waals surface area contributed by atoms with Crippen LogP contribution in [0.15, 0.2) is 24.3 Å². The van der Waals surface area contributed by atoms with Crippen molar-refractivity contribution in [2.75, 3.05) is 0 Å². The third-order valence-corrected chi connectivity index (χ3v) is 2.56. The Bertz CT molecular complexity index is 307. The van der Waals surface area contributed by atoms with Crippen LogP contribution in [-0.2, 0) is 0 Å². The first-order valence-electron chi connectivity index (χ1n) is 4.40. The number of carbonyl (C=O) groups excluding carboxylic acids is 1. The molecule has 0 aromatic heterocycles. The lowest BCUT2D eigenvalue weighted by Gasteiger charge is -2.07. The van der Waals surface area contributed by atoms with E-state index in [9.17, 15) is 4.79 Å². The van der Waals surface area contributed by atoms with Crippen molar-refractivity contribution in [2.24, 2.45) is 0 Å². The van der Waals surface area contributed by atoms with Gasteiger partial charge < -0.3 is 0 Å². The van der Waals surface area contributed by atoms with E-state index in [0.717, 1.165) is 11.1 Å². The Morgan fingerprint density at radius 2 is 2.08 bits per heavy atom. The summed E-state index contributed by atoms with van der Waals surface area (Å²) in [6, 6.07) is 7.52. The second kappa shape index (κ2) is 4.43. The maximum Gasteiger partial charge on any atom is 0.180 e. The lowest BCUT2D eigenvalue weighted by Crippen LogP contribution is -2.14. The molecule has 0 spiro atoms. The molecule has 1 rings (SSSR count). The number of halogens is 1. The third-order valence-electron chi connectivity index (χ3n) is 2.05. The quantitative estimate of drug-likeness (QED) is 0.536. The molecule has 0 radical (unpaired) electrons. The van der Waals surface area contributed by atoms with Gasteiger partial charge in [0, 0.05) is 5.56 Å². The molecule has 0 aliphatic rings. The molecule has 0 bridgehead atoms. The summed E-state index contributed by atoms with van der Waals surface area (Å²) < 4.78 is 0. The van der Waals surface area contributed by atoms with Gasteiger partial charge in [0.1, 0.15) is 0 Å². The van der Waals surface area contributed by atoms with Gasteiger partial charge in [-0.15, -0.1) is 11.6 Å². The van der Waals surface area contributed by atoms with Crippen LogP contribution in [0.25, 0.3) is 0 Å². The molecule has 0 saturated heterocycles. The number of hydrogen-bond donors (Lipinski definition) is 0. The number of alkyl halides is 1. The van der Waals surface area contributed by atoms with Crippen LogP contribution >= 0.6 is 11.6 Å². The van der Waals surface area contributed by atoms with Crippen molar-refractivity contribution in [2.45, 2.75) is 25.6 Å². The monoisotopic (exact) mass is 196 g/mol. The lowest BCUT2D eigenvalue weighted by atomic mass is 10.0. The zero-order valence-electron chi connectivity index (χ0n) is 7.88. The van der Waals surface area contributed by atoms with E-state index in [1.165, 1.54) is 0 Å². The number of hydrogen-bond acceptors (Lipinski definition) is 1. The van der Waals surface area contributed by atoms with Crippen LogP contribution in [0.4, 0.5) is 0 Å². The first-order valence-corrected chi connectivity index (χ1v) is 4.84. The van der Waals surface area contributed by atoms with Crippen LogP contribution in [-0.4, -0.2) is 11.2 Å². The van der Waals surface area contributed by atoms with Crippen molar-refractivity contribution in [3.05, 3.63) is 35.4 Å². The second-order valence-electron chi connectivity index (χ2n) is 3.05. The Kier molecular flexibility index (Phi) is 3.49. The molecule has 1 nitrogen and oxygen atoms in total. The number of rotatable bonds is 3. The number of aryl methyl sites for hydroxylation is 1. The van der Waals surface area contributed by atoms with Gasteiger partial charge in [0.25, 0.3) is 0 Å². The Morgan fingerprint density at radius 1 is 1.46 bits per heavy atom. The van der Waals surface area contributed by atoms with Gasteiger partial charge >= 0.3 is 0 Å². The first kappa shape index (κ1) is 10.3. The molecule has 0 fully saturated rings. The molecule has 70 valence electrons. The summed E-state index contributed by atoms with van der Waals surface area (Å²) in [6.07, 6.45) is 0.675. The normalized spacial score (nSPS) is 12.5. The molecule has 0 aliphatic carbocycles. The Hall–Kier alpha value is -0.820. The minimum absolute atomic E-state index is 0.0299. The van der Waals surface area contributed by atoms with E-state index in [4.69, 9.17) is 11.6 Å². The Morgan fingerprint density at radius 3 is 2.62 bits per heavy atom. The Labute approximate surface area is 83.7 Å². The maximum absolute atomic E-state index is 11.7. The average molecular weight is 197 g/mol. The van der Waals surface area contributed by atoms with Crippen molar-refractivity contribution in [1.29, 1.82) is 0 Å². The smallest absolute Gasteiger partial charge is 0.180 e. The standard InChI is InChI=1S/C11H13ClO/c1-3-10(12)11(13)9-7-5-4-6-8(9)2/h4-7,10H,3H2,1-2H3. The van der Waals surface area contributed by atoms with E-state index in [0.29, 0.717) is 6.42 Å². The van der Waals surface area contributed by atoms with Crippen molar-refractivity contribution < 1.29 is 4.79 Å². The van der Waals surface area contributed by atoms with Gasteiger partial charge in [-0.25, -0.2) is 0 Å². The summed E-state index contributed by atoms with van der Waals surface area (Å²) in [5.74, 6) is 0.0299. The maximum atomic E-state index is 11.7. The minimum Gasteiger partial charge on any atom is -0.292 e. The summed E-state index contributed by atoms with van der Waals surface area (Å²) in [6.45, 7) is 3.83. The van der Waals surface area contributed by atoms with Crippen LogP contribution in [0.5, 0.6) is 0 Å². The predicted molar refractivity (Wildman–Crippen MR) is 55.4 cm³/mol. The molecule has 0 saturated carbocycles. The lowest BCUT2D eigenvalue weighted by molar-refractivity contribution is 0.0985. The molecule has 2 heteroatoms. The van der Waals surface area contributed by atoms with Gasteiger partial charge in [0.15, 0.2) is 5.78 Å². The van der Waals surface area contributed by atoms with Crippen molar-refractivity contribution in [1.82, 2.24) is 0 Å². The first-order chi connectivity index (χ1) is 6.16. The predicted octanol–water partition coefficient (Wildman–Crippen LogP) is 3.20. The molecule has 0 aliphatic heterocycles. The molecule has 13 heavy (non-hydrogen) atoms. The average Bonchev–Trinajstić information content (AvgIpc) is 2.16. The van der Waals surface area contributed by atoms with Gasteiger partial charge in [-0.05, 0) is 18.9 Å². The highest BCUT2D eigenvalue weighted by Crippen LogP contribution is 2.14. The molecular weight excluding hydrogens is 184 g/mol. The van der Waals surface area contributed by atoms with Crippen molar-refractivity contribution in [3.63, 3.8) is 0 Å². The van der Waals surface area contributed by atoms with Crippen molar-refractivity contribution >= 4 is 17.4 Å². The van der Waals surface area contributed by atoms with Crippen LogP contribution in [0.2, 0.25) is 0 Å². The minimum atomic E-state index is -0.388. The Balaban J connectivity index is 2.95. The molecule has 0 heterocycles. The van der Waals surface area contributed by atoms with Crippen LogP contribution in [0.3, 0.4) is 0 Å². The summed E-state index contributed by atoms with van der Waals surface area (Å²) >= 11 is 5.87. The fourth-order valence-electron chi connectivity index (χ4n) is 1.20. The third kappa shape index (κ3) is 2.31. The van der Waals surface area contributed by atoms with Gasteiger partial charge in [0.2, 0.25) is 0 Å². The van der Waals surface area contributed by atoms with E-state index in [2.05, 4.69) is 0 Å². The summed E-state index contributed by atoms with van der Waals surface area (Å²) in [5, 5.41) is -0.388. The SMILES string of the molecule is CCC(Cl)C(=O)c1ccccc1C. The molecule has 1 aromatic rings. The van der Waals surface area contributed by atoms with Gasteiger partial charge in [0.05, 0.1) is 5.38 Å². The summed E-state index contributed by atoms with van der Waals surface area (Å²) in [7, 11) is 0. The number of ketones is 1. The topological polar surface area (TPSA) is 17.1 Å². The summed E-state index contributed by atoms with van der Waals surface area (Å²) in [5.41, 5.74) is 1.73. The highest BCUT2D eigenvalue weighted by Gasteiger charge is 2.16. The van der Waals surface area contributed by atoms with E-state index in [-0.39, 0.29) is 11.2 Å². The highest BCUT2D eigenvalue weighted by molar-refractivity contribution is 6.34. The fourth-order valence-corrected chi connectivity index (χ4v) is 1.32. The molecule has 1 aromatic carbocycles. The molecule has 1 atom stereocenters. The molecule has 0 amide bonds. The molecular formula is C11H13ClO. The number of Topliss-reactive ketones (excluding diaryl/α,β-unsaturated/α-hetero) is 1. The largest absolute Gasteiger partial charge is 0.292 e. The fraction of sp³-hybridized carbons (Fsp3) is 0.364. The number of carbonyl (C=O) groups is 1. The van der Waals surface area contributed by atoms with E-state index >= 15 is 0 Å². The van der Waals surface area contributed by atoms with E-state index in [1.54, 1.807) is 0 Å². The van der Waals surface area contributed by atoms with Gasteiger partial charge in [-0.1, -0.05) is 31.2 Å². The number of benzene rings is 1. The second-order valence-corrected chi connectivity index (χ2v) is 3.58. The zero-order valence-corrected chi connectivity index (χ0v) is 8.64. The zero-order chi connectivity index (χ0) is 9.84. The van der Waals surface area contributed by atoms with E-state index < -0.39 is 0 Å². The highest BCUT2D eigenvalue weighted by atomic mass is 35.5. The molecule has 0 N–H and O–H groups in total. The van der Waals surface area contributed by atoms with Crippen LogP contribution < -0.4 is 0 Å². The summed E-state index contributed by atoms with van der Waals surface area (Å²) in [4.78, 5) is 11.7. The molecule has 1 unspecified atom stereocenters.